The Morgan fingerprint density at radius 2 is 2.00 bits per heavy atom. The number of nitrogens with one attached hydrogen (secondary N) is 2. The molecule has 2 aliphatic heterocycles. The molecule has 2 heterocycles. The van der Waals surface area contributed by atoms with Gasteiger partial charge < -0.3 is 15.4 Å². The number of hydrogen-bond donors (Lipinski definition) is 2. The zero-order chi connectivity index (χ0) is 18.7. The number of hydrogen-bond acceptors (Lipinski definition) is 4. The highest BCUT2D eigenvalue weighted by molar-refractivity contribution is 7.91. The van der Waals surface area contributed by atoms with Crippen molar-refractivity contribution in [2.75, 3.05) is 24.7 Å². The van der Waals surface area contributed by atoms with Crippen LogP contribution in [0, 0.1) is 11.3 Å². The molecule has 2 N–H and O–H groups in total. The second-order valence-electron chi connectivity index (χ2n) is 8.85. The van der Waals surface area contributed by atoms with Crippen LogP contribution in [0.1, 0.15) is 53.9 Å². The Balaban J connectivity index is 1.96. The minimum absolute atomic E-state index is 0.126. The van der Waals surface area contributed by atoms with E-state index in [0.29, 0.717) is 18.3 Å². The van der Waals surface area contributed by atoms with E-state index in [0.717, 1.165) is 31.8 Å². The van der Waals surface area contributed by atoms with Gasteiger partial charge >= 0.3 is 0 Å². The van der Waals surface area contributed by atoms with Crippen molar-refractivity contribution in [3.63, 3.8) is 0 Å². The van der Waals surface area contributed by atoms with Gasteiger partial charge in [0.05, 0.1) is 17.6 Å². The Bertz CT molecular complexity index is 567. The van der Waals surface area contributed by atoms with Crippen LogP contribution in [0.3, 0.4) is 0 Å². The first-order valence-corrected chi connectivity index (χ1v) is 11.3. The third-order valence-electron chi connectivity index (χ3n) is 4.85. The van der Waals surface area contributed by atoms with Crippen LogP contribution in [0.2, 0.25) is 0 Å². The summed E-state index contributed by atoms with van der Waals surface area (Å²) in [5, 5.41) is 6.92. The fraction of sp³-hybridized carbons (Fsp3) is 0.944. The Kier molecular flexibility index (Phi) is 6.76. The summed E-state index contributed by atoms with van der Waals surface area (Å²) < 4.78 is 29.2. The Hall–Kier alpha value is -0.820. The van der Waals surface area contributed by atoms with E-state index in [4.69, 9.17) is 4.74 Å². The second kappa shape index (κ2) is 8.25. The first-order valence-electron chi connectivity index (χ1n) is 9.45. The molecule has 0 aromatic rings. The maximum Gasteiger partial charge on any atom is 0.191 e. The van der Waals surface area contributed by atoms with Crippen LogP contribution in [0.5, 0.6) is 0 Å². The van der Waals surface area contributed by atoms with Crippen LogP contribution in [0.25, 0.3) is 0 Å². The van der Waals surface area contributed by atoms with E-state index in [1.165, 1.54) is 0 Å². The van der Waals surface area contributed by atoms with Crippen molar-refractivity contribution in [1.82, 2.24) is 10.6 Å². The number of ether oxygens (including phenoxy) is 1. The van der Waals surface area contributed by atoms with Crippen LogP contribution in [-0.4, -0.2) is 57.2 Å². The number of aliphatic imine (C=N–C) groups is 1. The molecule has 2 rings (SSSR count). The Morgan fingerprint density at radius 3 is 2.56 bits per heavy atom. The summed E-state index contributed by atoms with van der Waals surface area (Å²) in [7, 11) is -2.84. The summed E-state index contributed by atoms with van der Waals surface area (Å²) in [6, 6.07) is 0.604. The molecule has 0 bridgehead atoms. The van der Waals surface area contributed by atoms with Crippen molar-refractivity contribution in [3.8, 4) is 0 Å². The molecule has 2 aliphatic rings. The van der Waals surface area contributed by atoms with Crippen LogP contribution in [-0.2, 0) is 14.6 Å². The van der Waals surface area contributed by atoms with Crippen molar-refractivity contribution in [3.05, 3.63) is 0 Å². The molecule has 2 fully saturated rings. The molecule has 146 valence electrons. The lowest BCUT2D eigenvalue weighted by molar-refractivity contribution is -0.0560. The Morgan fingerprint density at radius 1 is 1.28 bits per heavy atom. The molecule has 3 atom stereocenters. The average molecular weight is 374 g/mol. The highest BCUT2D eigenvalue weighted by Gasteiger charge is 2.32. The predicted octanol–water partition coefficient (Wildman–Crippen LogP) is 1.96. The number of nitrogens with zero attached hydrogens (tertiary/aromatic N) is 1. The van der Waals surface area contributed by atoms with Gasteiger partial charge in [0.2, 0.25) is 0 Å². The number of guanidine groups is 1. The number of sulfone groups is 1. The lowest BCUT2D eigenvalue weighted by Gasteiger charge is -2.38. The van der Waals surface area contributed by atoms with E-state index < -0.39 is 9.84 Å². The second-order valence-corrected chi connectivity index (χ2v) is 11.1. The normalized spacial score (nSPS) is 30.5. The largest absolute Gasteiger partial charge is 0.378 e. The molecule has 0 saturated carbocycles. The molecule has 0 spiro atoms. The van der Waals surface area contributed by atoms with Gasteiger partial charge in [0.15, 0.2) is 15.8 Å². The third-order valence-corrected chi connectivity index (χ3v) is 6.69. The van der Waals surface area contributed by atoms with E-state index in [2.05, 4.69) is 50.2 Å². The van der Waals surface area contributed by atoms with E-state index in [-0.39, 0.29) is 29.2 Å². The molecule has 2 saturated heterocycles. The van der Waals surface area contributed by atoms with Gasteiger partial charge in [-0.05, 0) is 44.4 Å². The maximum atomic E-state index is 11.6. The molecule has 25 heavy (non-hydrogen) atoms. The van der Waals surface area contributed by atoms with E-state index in [1.807, 2.05) is 0 Å². The summed E-state index contributed by atoms with van der Waals surface area (Å²) in [5.74, 6) is 1.52. The zero-order valence-electron chi connectivity index (χ0n) is 16.3. The average Bonchev–Trinajstić information content (AvgIpc) is 2.83. The summed E-state index contributed by atoms with van der Waals surface area (Å²) >= 11 is 0. The van der Waals surface area contributed by atoms with Gasteiger partial charge in [0.1, 0.15) is 0 Å². The van der Waals surface area contributed by atoms with Crippen molar-refractivity contribution in [2.45, 2.75) is 72.1 Å². The van der Waals surface area contributed by atoms with Gasteiger partial charge in [-0.15, -0.1) is 0 Å². The predicted molar refractivity (Wildman–Crippen MR) is 103 cm³/mol. The molecule has 7 heteroatoms. The molecule has 0 aromatic heterocycles. The van der Waals surface area contributed by atoms with Crippen molar-refractivity contribution in [1.29, 1.82) is 0 Å². The number of rotatable bonds is 4. The van der Waals surface area contributed by atoms with E-state index >= 15 is 0 Å². The molecule has 0 aliphatic carbocycles. The molecule has 6 nitrogen and oxygen atoms in total. The quantitative estimate of drug-likeness (QED) is 0.582. The van der Waals surface area contributed by atoms with Gasteiger partial charge in [-0.25, -0.2) is 8.42 Å². The first-order chi connectivity index (χ1) is 11.5. The SMILES string of the molecule is CC(C)NC(=NCC1CCS(=O)(=O)C1)NC1CCOC(C(C)(C)C)C1. The molecular formula is C18H35N3O3S. The van der Waals surface area contributed by atoms with Crippen LogP contribution in [0.15, 0.2) is 4.99 Å². The lowest BCUT2D eigenvalue weighted by atomic mass is 9.83. The fourth-order valence-electron chi connectivity index (χ4n) is 3.37. The van der Waals surface area contributed by atoms with Gasteiger partial charge in [0.25, 0.3) is 0 Å². The minimum atomic E-state index is -2.84. The van der Waals surface area contributed by atoms with Crippen LogP contribution in [0.4, 0.5) is 0 Å². The Labute approximate surface area is 153 Å². The van der Waals surface area contributed by atoms with Gasteiger partial charge in [0, 0.05) is 25.2 Å². The molecule has 0 amide bonds. The van der Waals surface area contributed by atoms with Gasteiger partial charge in [-0.3, -0.25) is 4.99 Å². The zero-order valence-corrected chi connectivity index (χ0v) is 17.2. The highest BCUT2D eigenvalue weighted by atomic mass is 32.2. The monoisotopic (exact) mass is 373 g/mol. The molecular weight excluding hydrogens is 338 g/mol. The summed E-state index contributed by atoms with van der Waals surface area (Å²) in [6.45, 7) is 12.1. The summed E-state index contributed by atoms with van der Waals surface area (Å²) in [6.07, 6.45) is 2.88. The molecule has 0 radical (unpaired) electrons. The minimum Gasteiger partial charge on any atom is -0.378 e. The molecule has 3 unspecified atom stereocenters. The topological polar surface area (TPSA) is 79.8 Å². The third kappa shape index (κ3) is 6.77. The van der Waals surface area contributed by atoms with E-state index in [9.17, 15) is 8.42 Å². The molecule has 0 aromatic carbocycles. The maximum absolute atomic E-state index is 11.6. The van der Waals surface area contributed by atoms with Crippen molar-refractivity contribution in [2.24, 2.45) is 16.3 Å². The van der Waals surface area contributed by atoms with Crippen LogP contribution >= 0.6 is 0 Å². The van der Waals surface area contributed by atoms with Crippen molar-refractivity contribution >= 4 is 15.8 Å². The van der Waals surface area contributed by atoms with Crippen molar-refractivity contribution < 1.29 is 13.2 Å². The first kappa shape index (κ1) is 20.5. The highest BCUT2D eigenvalue weighted by Crippen LogP contribution is 2.29. The fourth-order valence-corrected chi connectivity index (χ4v) is 5.22. The summed E-state index contributed by atoms with van der Waals surface area (Å²) in [5.41, 5.74) is 0.126. The smallest absolute Gasteiger partial charge is 0.191 e. The standard InChI is InChI=1S/C18H35N3O3S/c1-13(2)20-17(19-11-14-7-9-25(22,23)12-14)21-15-6-8-24-16(10-15)18(3,4)5/h13-16H,6-12H2,1-5H3,(H2,19,20,21). The van der Waals surface area contributed by atoms with Gasteiger partial charge in [-0.1, -0.05) is 20.8 Å². The van der Waals surface area contributed by atoms with Gasteiger partial charge in [-0.2, -0.15) is 0 Å². The van der Waals surface area contributed by atoms with E-state index in [1.54, 1.807) is 0 Å². The van der Waals surface area contributed by atoms with Crippen LogP contribution < -0.4 is 10.6 Å². The summed E-state index contributed by atoms with van der Waals surface area (Å²) in [4.78, 5) is 4.68. The lowest BCUT2D eigenvalue weighted by Crippen LogP contribution is -2.50.